The van der Waals surface area contributed by atoms with Crippen LogP contribution in [-0.2, 0) is 16.1 Å². The molecule has 0 aliphatic carbocycles. The van der Waals surface area contributed by atoms with E-state index in [-0.39, 0.29) is 42.5 Å². The van der Waals surface area contributed by atoms with Crippen LogP contribution >= 0.6 is 0 Å². The minimum atomic E-state index is -1.44. The summed E-state index contributed by atoms with van der Waals surface area (Å²) >= 11 is 0. The summed E-state index contributed by atoms with van der Waals surface area (Å²) in [6, 6.07) is 3.23. The van der Waals surface area contributed by atoms with E-state index in [1.54, 1.807) is 12.1 Å². The summed E-state index contributed by atoms with van der Waals surface area (Å²) in [5.41, 5.74) is 14.4. The highest BCUT2D eigenvalue weighted by atomic mass is 16.6. The molecule has 0 radical (unpaired) electrons. The van der Waals surface area contributed by atoms with Crippen molar-refractivity contribution in [2.75, 3.05) is 17.7 Å². The van der Waals surface area contributed by atoms with Crippen LogP contribution in [0.3, 0.4) is 0 Å². The van der Waals surface area contributed by atoms with Crippen molar-refractivity contribution in [2.45, 2.75) is 37.6 Å². The quantitative estimate of drug-likeness (QED) is 0.171. The maximum atomic E-state index is 12.2. The third-order valence-corrected chi connectivity index (χ3v) is 4.86. The van der Waals surface area contributed by atoms with Crippen LogP contribution < -0.4 is 16.9 Å². The lowest BCUT2D eigenvalue weighted by molar-refractivity contribution is -0.135. The predicted molar refractivity (Wildman–Crippen MR) is 110 cm³/mol. The molecule has 1 saturated heterocycles. The molecule has 0 aromatic carbocycles. The van der Waals surface area contributed by atoms with E-state index in [0.717, 1.165) is 0 Å². The van der Waals surface area contributed by atoms with E-state index in [1.807, 2.05) is 0 Å². The van der Waals surface area contributed by atoms with Crippen LogP contribution in [0.5, 0.6) is 0 Å². The highest BCUT2D eigenvalue weighted by Gasteiger charge is 2.47. The number of imidazole rings is 1. The van der Waals surface area contributed by atoms with Crippen LogP contribution in [0.2, 0.25) is 0 Å². The lowest BCUT2D eigenvalue weighted by atomic mass is 10.0. The zero-order valence-corrected chi connectivity index (χ0v) is 16.7. The number of nitrogens with one attached hydrogen (secondary N) is 1. The second-order valence-corrected chi connectivity index (χ2v) is 7.02. The van der Waals surface area contributed by atoms with Crippen LogP contribution in [0.25, 0.3) is 11.2 Å². The number of Topliss-reactive ketones (excluding diaryl/α,β-unsaturated/α-hetero) is 1. The topological polar surface area (TPSA) is 220 Å². The lowest BCUT2D eigenvalue weighted by Crippen LogP contribution is -2.36. The number of aliphatic hydroxyl groups is 3. The molecule has 1 fully saturated rings. The second-order valence-electron chi connectivity index (χ2n) is 7.02. The number of aromatic nitrogens is 4. The van der Waals surface area contributed by atoms with Gasteiger partial charge in [0.1, 0.15) is 42.0 Å². The van der Waals surface area contributed by atoms with Gasteiger partial charge in [0.25, 0.3) is 0 Å². The maximum Gasteiger partial charge on any atom is 0.247 e. The Morgan fingerprint density at radius 3 is 2.84 bits per heavy atom. The molecule has 0 unspecified atom stereocenters. The number of anilines is 2. The van der Waals surface area contributed by atoms with Crippen molar-refractivity contribution in [3.63, 3.8) is 0 Å². The molecule has 4 atom stereocenters. The number of aliphatic hydroxyl groups excluding tert-OH is 3. The highest BCUT2D eigenvalue weighted by molar-refractivity contribution is 5.85. The summed E-state index contributed by atoms with van der Waals surface area (Å²) < 4.78 is 12.3. The fraction of sp³-hybridized carbons (Fsp3) is 0.389. The number of nitrogens with two attached hydrogens (primary N) is 2. The van der Waals surface area contributed by atoms with Crippen molar-refractivity contribution in [1.29, 1.82) is 0 Å². The number of fused-ring (bicyclic) bond motifs is 1. The minimum Gasteiger partial charge on any atom is -0.458 e. The number of furan rings is 1. The molecule has 0 saturated carbocycles. The molecule has 14 heteroatoms. The molecule has 3 aromatic heterocycles. The van der Waals surface area contributed by atoms with Gasteiger partial charge in [0.2, 0.25) is 5.95 Å². The fourth-order valence-corrected chi connectivity index (χ4v) is 3.32. The summed E-state index contributed by atoms with van der Waals surface area (Å²) in [5.74, 6) is 0.420. The molecule has 170 valence electrons. The molecule has 1 aliphatic heterocycles. The lowest BCUT2D eigenvalue weighted by Gasteiger charge is -2.16. The number of carbonyl (C=O) groups excluding carboxylic acids is 1. The smallest absolute Gasteiger partial charge is 0.247 e. The van der Waals surface area contributed by atoms with Gasteiger partial charge < -0.3 is 35.9 Å². The largest absolute Gasteiger partial charge is 0.458 e. The van der Waals surface area contributed by atoms with Gasteiger partial charge in [-0.2, -0.15) is 15.1 Å². The Kier molecular flexibility index (Phi) is 6.11. The van der Waals surface area contributed by atoms with Crippen molar-refractivity contribution in [1.82, 2.24) is 19.5 Å². The van der Waals surface area contributed by atoms with Crippen molar-refractivity contribution < 1.29 is 29.3 Å². The third kappa shape index (κ3) is 4.04. The first kappa shape index (κ1) is 21.8. The molecule has 1 aliphatic rings. The molecule has 8 N–H and O–H groups in total. The van der Waals surface area contributed by atoms with E-state index in [4.69, 9.17) is 25.7 Å². The first-order valence-electron chi connectivity index (χ1n) is 9.66. The van der Waals surface area contributed by atoms with E-state index < -0.39 is 30.3 Å². The van der Waals surface area contributed by atoms with Crippen molar-refractivity contribution in [3.05, 3.63) is 30.0 Å². The normalized spacial score (nSPS) is 23.4. The van der Waals surface area contributed by atoms with Crippen molar-refractivity contribution >= 4 is 34.9 Å². The Morgan fingerprint density at radius 1 is 1.31 bits per heavy atom. The summed E-state index contributed by atoms with van der Waals surface area (Å²) in [6.07, 6.45) is -2.53. The molecule has 0 amide bonds. The summed E-state index contributed by atoms with van der Waals surface area (Å²) in [7, 11) is 0. The molecular weight excluding hydrogens is 424 g/mol. The molecular formula is C18H22N8O6. The van der Waals surface area contributed by atoms with Gasteiger partial charge in [-0.05, 0) is 18.7 Å². The zero-order chi connectivity index (χ0) is 22.8. The van der Waals surface area contributed by atoms with E-state index in [1.165, 1.54) is 17.1 Å². The summed E-state index contributed by atoms with van der Waals surface area (Å²) in [4.78, 5) is 24.7. The maximum absolute atomic E-state index is 12.2. The first-order chi connectivity index (χ1) is 15.4. The third-order valence-electron chi connectivity index (χ3n) is 4.86. The van der Waals surface area contributed by atoms with Crippen LogP contribution in [0.4, 0.5) is 11.8 Å². The molecule has 32 heavy (non-hydrogen) atoms. The first-order valence-corrected chi connectivity index (χ1v) is 9.66. The number of carbonyl (C=O) groups is 1. The molecule has 0 bridgehead atoms. The summed E-state index contributed by atoms with van der Waals surface area (Å²) in [6.45, 7) is -0.136. The van der Waals surface area contributed by atoms with E-state index >= 15 is 0 Å². The number of hydrogen-bond acceptors (Lipinski definition) is 13. The van der Waals surface area contributed by atoms with Crippen LogP contribution in [-0.4, -0.2) is 71.7 Å². The van der Waals surface area contributed by atoms with Gasteiger partial charge >= 0.3 is 0 Å². The number of rotatable bonds is 8. The highest BCUT2D eigenvalue weighted by Crippen LogP contribution is 2.33. The minimum absolute atomic E-state index is 0.00248. The van der Waals surface area contributed by atoms with Gasteiger partial charge in [0.05, 0.1) is 12.5 Å². The molecule has 4 rings (SSSR count). The summed E-state index contributed by atoms with van der Waals surface area (Å²) in [5, 5.41) is 33.7. The average Bonchev–Trinajstić information content (AvgIpc) is 3.47. The van der Waals surface area contributed by atoms with Gasteiger partial charge in [0.15, 0.2) is 23.5 Å². The zero-order valence-electron chi connectivity index (χ0n) is 16.7. The van der Waals surface area contributed by atoms with Gasteiger partial charge in [-0.15, -0.1) is 0 Å². The van der Waals surface area contributed by atoms with Crippen molar-refractivity contribution in [2.24, 2.45) is 10.8 Å². The number of hydrogen-bond donors (Lipinski definition) is 6. The standard InChI is InChI=1S/C18H22N8O6/c19-4-3-10(28)14-12(29)13(30)17(32-14)26-7-21-11-15(20)23-18(24-16(11)26)25-22-5-8-1-2-9(6-27)31-8/h1-2,5,7,12-14,17,27,29-30H,3-4,6,19H2,(H3,20,23,24,25)/b22-5+/t12-,13+,14+,17+/m0/s1. The van der Waals surface area contributed by atoms with Gasteiger partial charge in [-0.3, -0.25) is 9.36 Å². The number of ether oxygens (including phenoxy) is 1. The number of nitrogen functional groups attached to an aromatic ring is 1. The van der Waals surface area contributed by atoms with E-state index in [2.05, 4.69) is 25.5 Å². The Hall–Kier alpha value is -3.43. The number of nitrogens with zero attached hydrogens (tertiary/aromatic N) is 5. The average molecular weight is 446 g/mol. The SMILES string of the molecule is NCCC(=O)[C@H]1O[C@@H](n2cnc3c(N)nc(N/N=C/c4ccc(CO)o4)nc32)[C@H](O)[C@@H]1O. The second kappa shape index (κ2) is 8.97. The van der Waals surface area contributed by atoms with Crippen LogP contribution in [0, 0.1) is 0 Å². The molecule has 4 heterocycles. The van der Waals surface area contributed by atoms with Gasteiger partial charge in [-0.25, -0.2) is 10.4 Å². The monoisotopic (exact) mass is 446 g/mol. The fourth-order valence-electron chi connectivity index (χ4n) is 3.32. The Labute approximate surface area is 180 Å². The van der Waals surface area contributed by atoms with Crippen molar-refractivity contribution in [3.8, 4) is 0 Å². The van der Waals surface area contributed by atoms with Crippen LogP contribution in [0.1, 0.15) is 24.2 Å². The Morgan fingerprint density at radius 2 is 2.12 bits per heavy atom. The number of hydrazone groups is 1. The Bertz CT molecular complexity index is 1140. The number of ketones is 1. The van der Waals surface area contributed by atoms with Crippen LogP contribution in [0.15, 0.2) is 28.0 Å². The molecule has 3 aromatic rings. The van der Waals surface area contributed by atoms with E-state index in [9.17, 15) is 15.0 Å². The predicted octanol–water partition coefficient (Wildman–Crippen LogP) is -1.52. The van der Waals surface area contributed by atoms with Gasteiger partial charge in [-0.1, -0.05) is 0 Å². The molecule has 0 spiro atoms. The van der Waals surface area contributed by atoms with Gasteiger partial charge in [0, 0.05) is 6.42 Å². The van der Waals surface area contributed by atoms with E-state index in [0.29, 0.717) is 11.5 Å². The molecule has 14 nitrogen and oxygen atoms in total. The Balaban J connectivity index is 1.58.